The number of hydrogen-bond acceptors (Lipinski definition) is 3. The minimum Gasteiger partial charge on any atom is -0.334 e. The fraction of sp³-hybridized carbons (Fsp3) is 0.111. The summed E-state index contributed by atoms with van der Waals surface area (Å²) in [6.07, 6.45) is 0.532. The van der Waals surface area contributed by atoms with Crippen molar-refractivity contribution in [2.24, 2.45) is 0 Å². The molecule has 1 rings (SSSR count). The highest BCUT2D eigenvalue weighted by molar-refractivity contribution is 8.00. The first-order valence-electron chi connectivity index (χ1n) is 3.68. The van der Waals surface area contributed by atoms with Gasteiger partial charge < -0.3 is 5.32 Å². The Labute approximate surface area is 80.8 Å². The summed E-state index contributed by atoms with van der Waals surface area (Å²) in [5, 5.41) is 10.5. The monoisotopic (exact) mass is 192 g/mol. The average Bonchev–Trinajstić information content (AvgIpc) is 2.19. The van der Waals surface area contributed by atoms with E-state index >= 15 is 0 Å². The molecular weight excluding hydrogens is 184 g/mol. The minimum absolute atomic E-state index is 0.514. The van der Waals surface area contributed by atoms with Crippen molar-refractivity contribution in [3.8, 4) is 6.07 Å². The van der Waals surface area contributed by atoms with Gasteiger partial charge >= 0.3 is 0 Å². The van der Waals surface area contributed by atoms with E-state index in [0.29, 0.717) is 6.41 Å². The first-order valence-corrected chi connectivity index (χ1v) is 4.56. The molecule has 1 amide bonds. The third-order valence-corrected chi connectivity index (χ3v) is 2.36. The molecule has 0 aromatic heterocycles. The molecule has 1 atom stereocenters. The van der Waals surface area contributed by atoms with Crippen LogP contribution in [0.3, 0.4) is 0 Å². The molecule has 1 unspecified atom stereocenters. The molecule has 0 aliphatic rings. The van der Waals surface area contributed by atoms with E-state index in [4.69, 9.17) is 5.26 Å². The molecule has 66 valence electrons. The Morgan fingerprint density at radius 3 is 2.69 bits per heavy atom. The lowest BCUT2D eigenvalue weighted by molar-refractivity contribution is -0.109. The molecule has 0 fully saturated rings. The van der Waals surface area contributed by atoms with E-state index in [1.54, 1.807) is 0 Å². The van der Waals surface area contributed by atoms with E-state index in [1.807, 2.05) is 36.4 Å². The smallest absolute Gasteiger partial charge is 0.208 e. The number of nitrogens with one attached hydrogen (secondary N) is 1. The zero-order valence-electron chi connectivity index (χ0n) is 6.81. The highest BCUT2D eigenvalue weighted by Crippen LogP contribution is 2.20. The minimum atomic E-state index is -0.514. The normalized spacial score (nSPS) is 11.3. The SMILES string of the molecule is N#CC(NC=O)Sc1ccccc1. The van der Waals surface area contributed by atoms with Crippen LogP contribution in [0.5, 0.6) is 0 Å². The van der Waals surface area contributed by atoms with Crippen LogP contribution in [-0.2, 0) is 4.79 Å². The highest BCUT2D eigenvalue weighted by atomic mass is 32.2. The van der Waals surface area contributed by atoms with Crippen molar-refractivity contribution in [1.29, 1.82) is 5.26 Å². The topological polar surface area (TPSA) is 52.9 Å². The molecule has 0 saturated carbocycles. The predicted octanol–water partition coefficient (Wildman–Crippen LogP) is 1.37. The molecule has 1 aromatic carbocycles. The van der Waals surface area contributed by atoms with Gasteiger partial charge in [-0.25, -0.2) is 0 Å². The molecule has 0 radical (unpaired) electrons. The van der Waals surface area contributed by atoms with Crippen molar-refractivity contribution in [2.75, 3.05) is 0 Å². The Hall–Kier alpha value is -1.47. The van der Waals surface area contributed by atoms with E-state index < -0.39 is 5.37 Å². The van der Waals surface area contributed by atoms with Gasteiger partial charge in [-0.05, 0) is 12.1 Å². The van der Waals surface area contributed by atoms with E-state index in [-0.39, 0.29) is 0 Å². The van der Waals surface area contributed by atoms with Gasteiger partial charge in [0.1, 0.15) is 0 Å². The summed E-state index contributed by atoms with van der Waals surface area (Å²) in [6.45, 7) is 0. The summed E-state index contributed by atoms with van der Waals surface area (Å²) in [4.78, 5) is 11.1. The third-order valence-electron chi connectivity index (χ3n) is 1.33. The molecule has 0 aliphatic carbocycles. The van der Waals surface area contributed by atoms with E-state index in [0.717, 1.165) is 4.90 Å². The van der Waals surface area contributed by atoms with Gasteiger partial charge in [0.05, 0.1) is 6.07 Å². The van der Waals surface area contributed by atoms with Crippen LogP contribution in [0.4, 0.5) is 0 Å². The zero-order chi connectivity index (χ0) is 9.52. The summed E-state index contributed by atoms with van der Waals surface area (Å²) in [5.41, 5.74) is 0. The zero-order valence-corrected chi connectivity index (χ0v) is 7.62. The van der Waals surface area contributed by atoms with Crippen LogP contribution in [0, 0.1) is 11.3 Å². The van der Waals surface area contributed by atoms with E-state index in [2.05, 4.69) is 5.32 Å². The second-order valence-corrected chi connectivity index (χ2v) is 3.40. The van der Waals surface area contributed by atoms with Crippen LogP contribution in [-0.4, -0.2) is 11.8 Å². The van der Waals surface area contributed by atoms with Gasteiger partial charge in [-0.3, -0.25) is 4.79 Å². The molecular formula is C9H8N2OS. The maximum absolute atomic E-state index is 10.1. The van der Waals surface area contributed by atoms with Gasteiger partial charge in [0.25, 0.3) is 0 Å². The predicted molar refractivity (Wildman–Crippen MR) is 50.9 cm³/mol. The maximum atomic E-state index is 10.1. The Morgan fingerprint density at radius 1 is 1.46 bits per heavy atom. The van der Waals surface area contributed by atoms with Gasteiger partial charge in [0.2, 0.25) is 6.41 Å². The molecule has 0 saturated heterocycles. The van der Waals surface area contributed by atoms with Crippen LogP contribution < -0.4 is 5.32 Å². The first-order chi connectivity index (χ1) is 6.36. The maximum Gasteiger partial charge on any atom is 0.208 e. The first kappa shape index (κ1) is 9.62. The van der Waals surface area contributed by atoms with Gasteiger partial charge in [-0.1, -0.05) is 30.0 Å². The van der Waals surface area contributed by atoms with Crippen LogP contribution in [0.1, 0.15) is 0 Å². The molecule has 0 aliphatic heterocycles. The third kappa shape index (κ3) is 3.18. The highest BCUT2D eigenvalue weighted by Gasteiger charge is 2.05. The number of hydrogen-bond donors (Lipinski definition) is 1. The molecule has 4 heteroatoms. The summed E-state index contributed by atoms with van der Waals surface area (Å²) in [5.74, 6) is 0. The number of thioether (sulfide) groups is 1. The summed E-state index contributed by atoms with van der Waals surface area (Å²) < 4.78 is 0. The van der Waals surface area contributed by atoms with Crippen LogP contribution in [0.2, 0.25) is 0 Å². The number of carbonyl (C=O) groups excluding carboxylic acids is 1. The van der Waals surface area contributed by atoms with Crippen molar-refractivity contribution in [2.45, 2.75) is 10.3 Å². The van der Waals surface area contributed by atoms with Gasteiger partial charge in [-0.15, -0.1) is 0 Å². The Kier molecular flexibility index (Phi) is 3.86. The number of carbonyl (C=O) groups is 1. The van der Waals surface area contributed by atoms with Gasteiger partial charge in [0.15, 0.2) is 5.37 Å². The number of nitrogens with zero attached hydrogens (tertiary/aromatic N) is 1. The fourth-order valence-corrected chi connectivity index (χ4v) is 1.56. The lowest BCUT2D eigenvalue weighted by Crippen LogP contribution is -2.22. The summed E-state index contributed by atoms with van der Waals surface area (Å²) in [6, 6.07) is 11.4. The van der Waals surface area contributed by atoms with Gasteiger partial charge in [0, 0.05) is 4.90 Å². The Balaban J connectivity index is 2.58. The second-order valence-electron chi connectivity index (χ2n) is 2.22. The van der Waals surface area contributed by atoms with Crippen molar-refractivity contribution >= 4 is 18.2 Å². The number of benzene rings is 1. The number of nitriles is 1. The number of amides is 1. The summed E-state index contributed by atoms with van der Waals surface area (Å²) >= 11 is 1.31. The quantitative estimate of drug-likeness (QED) is 0.445. The van der Waals surface area contributed by atoms with Crippen molar-refractivity contribution in [1.82, 2.24) is 5.32 Å². The lowest BCUT2D eigenvalue weighted by Gasteiger charge is -2.05. The molecule has 1 N–H and O–H groups in total. The fourth-order valence-electron chi connectivity index (χ4n) is 0.795. The molecule has 3 nitrogen and oxygen atoms in total. The standard InChI is InChI=1S/C9H8N2OS/c10-6-9(11-7-12)13-8-4-2-1-3-5-8/h1-5,7,9H,(H,11,12). The average molecular weight is 192 g/mol. The molecule has 0 bridgehead atoms. The Morgan fingerprint density at radius 2 is 2.15 bits per heavy atom. The largest absolute Gasteiger partial charge is 0.334 e. The van der Waals surface area contributed by atoms with Crippen LogP contribution in [0.25, 0.3) is 0 Å². The Bertz CT molecular complexity index is 307. The van der Waals surface area contributed by atoms with E-state index in [9.17, 15) is 4.79 Å². The summed E-state index contributed by atoms with van der Waals surface area (Å²) in [7, 11) is 0. The molecule has 13 heavy (non-hydrogen) atoms. The van der Waals surface area contributed by atoms with Crippen molar-refractivity contribution in [3.63, 3.8) is 0 Å². The van der Waals surface area contributed by atoms with Gasteiger partial charge in [-0.2, -0.15) is 5.26 Å². The van der Waals surface area contributed by atoms with Crippen LogP contribution >= 0.6 is 11.8 Å². The van der Waals surface area contributed by atoms with Crippen molar-refractivity contribution in [3.05, 3.63) is 30.3 Å². The second kappa shape index (κ2) is 5.22. The molecule has 0 spiro atoms. The number of rotatable bonds is 4. The van der Waals surface area contributed by atoms with Crippen molar-refractivity contribution < 1.29 is 4.79 Å². The lowest BCUT2D eigenvalue weighted by atomic mass is 10.4. The molecule has 1 aromatic rings. The molecule has 0 heterocycles. The van der Waals surface area contributed by atoms with E-state index in [1.165, 1.54) is 11.8 Å². The van der Waals surface area contributed by atoms with Crippen LogP contribution in [0.15, 0.2) is 35.2 Å².